The summed E-state index contributed by atoms with van der Waals surface area (Å²) in [6, 6.07) is 0. The average molecular weight is 169 g/mol. The Morgan fingerprint density at radius 2 is 2.42 bits per heavy atom. The van der Waals surface area contributed by atoms with Gasteiger partial charge >= 0.3 is 0 Å². The highest BCUT2D eigenvalue weighted by Gasteiger charge is 2.48. The van der Waals surface area contributed by atoms with Crippen LogP contribution in [0.3, 0.4) is 0 Å². The quantitative estimate of drug-likeness (QED) is 0.594. The van der Waals surface area contributed by atoms with Gasteiger partial charge in [-0.05, 0) is 32.7 Å². The molecule has 1 aliphatic carbocycles. The van der Waals surface area contributed by atoms with E-state index in [-0.39, 0.29) is 5.72 Å². The van der Waals surface area contributed by atoms with Crippen molar-refractivity contribution in [2.75, 3.05) is 20.2 Å². The van der Waals surface area contributed by atoms with Crippen LogP contribution in [0.4, 0.5) is 0 Å². The van der Waals surface area contributed by atoms with Crippen molar-refractivity contribution in [2.45, 2.75) is 38.3 Å². The molecule has 2 rings (SSSR count). The van der Waals surface area contributed by atoms with Crippen molar-refractivity contribution in [3.8, 4) is 0 Å². The molecule has 1 spiro atoms. The maximum absolute atomic E-state index is 5.94. The zero-order valence-electron chi connectivity index (χ0n) is 8.18. The highest BCUT2D eigenvalue weighted by molar-refractivity contribution is 4.94. The molecule has 0 aromatic rings. The number of likely N-dealkylation sites (N-methyl/N-ethyl adjacent to an activating group) is 1. The van der Waals surface area contributed by atoms with Crippen LogP contribution in [-0.4, -0.2) is 30.8 Å². The number of hydrogen-bond donors (Lipinski definition) is 0. The number of rotatable bonds is 1. The molecular weight excluding hydrogens is 150 g/mol. The van der Waals surface area contributed by atoms with Crippen LogP contribution in [0, 0.1) is 5.92 Å². The van der Waals surface area contributed by atoms with Gasteiger partial charge in [0.1, 0.15) is 5.72 Å². The van der Waals surface area contributed by atoms with Gasteiger partial charge < -0.3 is 4.74 Å². The molecule has 2 atom stereocenters. The minimum absolute atomic E-state index is 0.148. The molecule has 0 amide bonds. The second-order valence-corrected chi connectivity index (χ2v) is 4.11. The summed E-state index contributed by atoms with van der Waals surface area (Å²) >= 11 is 0. The third-order valence-electron chi connectivity index (χ3n) is 3.64. The van der Waals surface area contributed by atoms with Crippen molar-refractivity contribution in [2.24, 2.45) is 5.92 Å². The van der Waals surface area contributed by atoms with E-state index in [2.05, 4.69) is 18.9 Å². The van der Waals surface area contributed by atoms with E-state index in [9.17, 15) is 0 Å². The van der Waals surface area contributed by atoms with E-state index < -0.39 is 0 Å². The number of hydrogen-bond acceptors (Lipinski definition) is 2. The highest BCUT2D eigenvalue weighted by Crippen LogP contribution is 2.44. The van der Waals surface area contributed by atoms with Crippen LogP contribution in [0.15, 0.2) is 0 Å². The minimum atomic E-state index is 0.148. The predicted octanol–water partition coefficient (Wildman–Crippen LogP) is 1.85. The lowest BCUT2D eigenvalue weighted by molar-refractivity contribution is -0.101. The molecule has 0 radical (unpaired) electrons. The first-order valence-electron chi connectivity index (χ1n) is 5.15. The second kappa shape index (κ2) is 3.00. The normalized spacial score (nSPS) is 43.0. The number of nitrogens with zero attached hydrogens (tertiary/aromatic N) is 1. The summed E-state index contributed by atoms with van der Waals surface area (Å²) in [5, 5.41) is 0. The van der Waals surface area contributed by atoms with E-state index >= 15 is 0 Å². The topological polar surface area (TPSA) is 12.5 Å². The molecule has 1 saturated heterocycles. The maximum Gasteiger partial charge on any atom is 0.124 e. The number of ether oxygens (including phenoxy) is 1. The van der Waals surface area contributed by atoms with E-state index in [1.807, 2.05) is 0 Å². The van der Waals surface area contributed by atoms with Gasteiger partial charge in [0, 0.05) is 12.5 Å². The molecule has 2 aliphatic rings. The Bertz CT molecular complexity index is 167. The summed E-state index contributed by atoms with van der Waals surface area (Å²) in [5.74, 6) is 0.782. The Balaban J connectivity index is 2.17. The van der Waals surface area contributed by atoms with E-state index in [1.165, 1.54) is 25.7 Å². The van der Waals surface area contributed by atoms with Crippen molar-refractivity contribution in [3.05, 3.63) is 0 Å². The smallest absolute Gasteiger partial charge is 0.124 e. The molecule has 2 nitrogen and oxygen atoms in total. The molecule has 2 heteroatoms. The van der Waals surface area contributed by atoms with E-state index in [0.717, 1.165) is 19.1 Å². The van der Waals surface area contributed by atoms with Crippen molar-refractivity contribution < 1.29 is 4.74 Å². The monoisotopic (exact) mass is 169 g/mol. The van der Waals surface area contributed by atoms with Crippen LogP contribution in [-0.2, 0) is 4.74 Å². The highest BCUT2D eigenvalue weighted by atomic mass is 16.5. The molecule has 0 aromatic carbocycles. The molecule has 2 fully saturated rings. The van der Waals surface area contributed by atoms with Gasteiger partial charge in [0.25, 0.3) is 0 Å². The van der Waals surface area contributed by atoms with E-state index in [0.29, 0.717) is 0 Å². The van der Waals surface area contributed by atoms with Crippen LogP contribution in [0.5, 0.6) is 0 Å². The summed E-state index contributed by atoms with van der Waals surface area (Å²) in [5.41, 5.74) is 0.148. The lowest BCUT2D eigenvalue weighted by Gasteiger charge is -2.36. The Hall–Kier alpha value is -0.0800. The average Bonchev–Trinajstić information content (AvgIpc) is 2.62. The van der Waals surface area contributed by atoms with Gasteiger partial charge in [0.15, 0.2) is 0 Å². The van der Waals surface area contributed by atoms with Gasteiger partial charge in [-0.3, -0.25) is 4.90 Å². The largest absolute Gasteiger partial charge is 0.359 e. The third kappa shape index (κ3) is 1.01. The molecule has 0 bridgehead atoms. The van der Waals surface area contributed by atoms with Crippen molar-refractivity contribution in [3.63, 3.8) is 0 Å². The van der Waals surface area contributed by atoms with Crippen molar-refractivity contribution >= 4 is 0 Å². The van der Waals surface area contributed by atoms with Gasteiger partial charge in [-0.15, -0.1) is 0 Å². The molecule has 0 unspecified atom stereocenters. The predicted molar refractivity (Wildman–Crippen MR) is 48.9 cm³/mol. The van der Waals surface area contributed by atoms with Crippen LogP contribution < -0.4 is 0 Å². The van der Waals surface area contributed by atoms with Gasteiger partial charge in [0.05, 0.1) is 6.61 Å². The summed E-state index contributed by atoms with van der Waals surface area (Å²) < 4.78 is 5.94. The Labute approximate surface area is 74.9 Å². The first-order chi connectivity index (χ1) is 5.79. The summed E-state index contributed by atoms with van der Waals surface area (Å²) in [7, 11) is 2.21. The lowest BCUT2D eigenvalue weighted by atomic mass is 9.96. The maximum atomic E-state index is 5.94. The second-order valence-electron chi connectivity index (χ2n) is 4.11. The van der Waals surface area contributed by atoms with Gasteiger partial charge in [0.2, 0.25) is 0 Å². The first-order valence-corrected chi connectivity index (χ1v) is 5.15. The molecule has 70 valence electrons. The third-order valence-corrected chi connectivity index (χ3v) is 3.64. The van der Waals surface area contributed by atoms with Crippen LogP contribution in [0.1, 0.15) is 32.6 Å². The van der Waals surface area contributed by atoms with Gasteiger partial charge in [-0.25, -0.2) is 0 Å². The van der Waals surface area contributed by atoms with Crippen LogP contribution in [0.2, 0.25) is 0 Å². The molecule has 0 N–H and O–H groups in total. The van der Waals surface area contributed by atoms with E-state index in [1.54, 1.807) is 0 Å². The molecule has 0 aromatic heterocycles. The fourth-order valence-corrected chi connectivity index (χ4v) is 2.91. The van der Waals surface area contributed by atoms with Crippen molar-refractivity contribution in [1.29, 1.82) is 0 Å². The molecule has 1 saturated carbocycles. The van der Waals surface area contributed by atoms with Crippen LogP contribution >= 0.6 is 0 Å². The molecular formula is C10H19NO. The fraction of sp³-hybridized carbons (Fsp3) is 1.00. The fourth-order valence-electron chi connectivity index (χ4n) is 2.91. The zero-order valence-corrected chi connectivity index (χ0v) is 8.18. The SMILES string of the molecule is CC[C@@H]1CCC[C@@]12OCCN2C. The molecule has 1 heterocycles. The Kier molecular flexibility index (Phi) is 2.13. The standard InChI is InChI=1S/C10H19NO/c1-3-9-5-4-6-10(9)11(2)7-8-12-10/h9H,3-8H2,1-2H3/t9-,10-/m1/s1. The summed E-state index contributed by atoms with van der Waals surface area (Å²) in [6.07, 6.45) is 5.23. The summed E-state index contributed by atoms with van der Waals surface area (Å²) in [4.78, 5) is 2.42. The van der Waals surface area contributed by atoms with Crippen LogP contribution in [0.25, 0.3) is 0 Å². The Morgan fingerprint density at radius 3 is 3.00 bits per heavy atom. The summed E-state index contributed by atoms with van der Waals surface area (Å²) in [6.45, 7) is 4.34. The first kappa shape index (κ1) is 8.52. The van der Waals surface area contributed by atoms with Gasteiger partial charge in [-0.1, -0.05) is 6.92 Å². The Morgan fingerprint density at radius 1 is 1.58 bits per heavy atom. The van der Waals surface area contributed by atoms with Gasteiger partial charge in [-0.2, -0.15) is 0 Å². The molecule has 1 aliphatic heterocycles. The van der Waals surface area contributed by atoms with E-state index in [4.69, 9.17) is 4.74 Å². The zero-order chi connectivity index (χ0) is 8.60. The minimum Gasteiger partial charge on any atom is -0.359 e. The van der Waals surface area contributed by atoms with Crippen molar-refractivity contribution in [1.82, 2.24) is 4.90 Å². The molecule has 12 heavy (non-hydrogen) atoms. The lowest BCUT2D eigenvalue weighted by Crippen LogP contribution is -2.45.